The maximum Gasteiger partial charge on any atom is 0.309 e. The van der Waals surface area contributed by atoms with Crippen LogP contribution in [0.15, 0.2) is 11.0 Å². The second kappa shape index (κ2) is 16.2. The molecule has 0 spiro atoms. The molecule has 7 unspecified atom stereocenters. The van der Waals surface area contributed by atoms with Crippen LogP contribution < -0.4 is 0 Å². The second-order valence-corrected chi connectivity index (χ2v) is 14.3. The van der Waals surface area contributed by atoms with E-state index in [1.807, 2.05) is 25.3 Å². The Kier molecular flexibility index (Phi) is 13.5. The van der Waals surface area contributed by atoms with E-state index in [-0.39, 0.29) is 29.8 Å². The quantitative estimate of drug-likeness (QED) is 0.283. The molecule has 0 bridgehead atoms. The lowest BCUT2D eigenvalue weighted by Gasteiger charge is -2.34. The van der Waals surface area contributed by atoms with Crippen LogP contribution in [0, 0.1) is 17.3 Å². The van der Waals surface area contributed by atoms with Crippen molar-refractivity contribution in [3.63, 3.8) is 0 Å². The van der Waals surface area contributed by atoms with E-state index in [1.165, 1.54) is 0 Å². The third-order valence-corrected chi connectivity index (χ3v) is 10.3. The first-order valence-corrected chi connectivity index (χ1v) is 16.7. The van der Waals surface area contributed by atoms with E-state index in [9.17, 15) is 19.8 Å². The van der Waals surface area contributed by atoms with Gasteiger partial charge in [-0.05, 0) is 44.3 Å². The van der Waals surface area contributed by atoms with Gasteiger partial charge in [0.2, 0.25) is 0 Å². The fraction of sp³-hybridized carbons (Fsp3) is 0.788. The molecule has 11 heteroatoms. The zero-order valence-electron chi connectivity index (χ0n) is 27.8. The summed E-state index contributed by atoms with van der Waals surface area (Å²) >= 11 is 1.58. The van der Waals surface area contributed by atoms with Gasteiger partial charge in [0.25, 0.3) is 0 Å². The fourth-order valence-corrected chi connectivity index (χ4v) is 6.78. The maximum absolute atomic E-state index is 13.4. The van der Waals surface area contributed by atoms with E-state index < -0.39 is 35.6 Å². The van der Waals surface area contributed by atoms with Crippen LogP contribution in [0.2, 0.25) is 0 Å². The number of carbonyl (C=O) groups excluding carboxylic acids is 2. The molecule has 2 N–H and O–H groups in total. The highest BCUT2D eigenvalue weighted by Gasteiger charge is 2.53. The predicted octanol–water partition coefficient (Wildman–Crippen LogP) is 4.26. The Balaban J connectivity index is 1.80. The summed E-state index contributed by atoms with van der Waals surface area (Å²) in [6.07, 6.45) is 1.75. The number of ether oxygens (including phenoxy) is 4. The van der Waals surface area contributed by atoms with Crippen LogP contribution >= 0.6 is 11.3 Å². The molecule has 250 valence electrons. The van der Waals surface area contributed by atoms with Crippen molar-refractivity contribution in [3.8, 4) is 0 Å². The van der Waals surface area contributed by atoms with Crippen molar-refractivity contribution >= 4 is 29.2 Å². The number of cyclic esters (lactones) is 1. The molecule has 2 saturated heterocycles. The number of Topliss-reactive ketones (excluding diaryl/α,β-unsaturated/α-hetero) is 1. The van der Waals surface area contributed by atoms with Gasteiger partial charge in [-0.15, -0.1) is 11.3 Å². The highest BCUT2D eigenvalue weighted by atomic mass is 32.1. The van der Waals surface area contributed by atoms with Gasteiger partial charge in [0.05, 0.1) is 61.2 Å². The Morgan fingerprint density at radius 1 is 1.16 bits per heavy atom. The number of carbonyl (C=O) groups is 2. The van der Waals surface area contributed by atoms with Crippen molar-refractivity contribution in [2.45, 2.75) is 110 Å². The lowest BCUT2D eigenvalue weighted by Crippen LogP contribution is -2.45. The number of aromatic nitrogens is 1. The normalized spacial score (nSPS) is 32.4. The average molecular weight is 639 g/mol. The summed E-state index contributed by atoms with van der Waals surface area (Å²) in [5.41, 5.74) is 0.0561. The van der Waals surface area contributed by atoms with E-state index in [1.54, 1.807) is 46.3 Å². The zero-order chi connectivity index (χ0) is 32.7. The van der Waals surface area contributed by atoms with Crippen molar-refractivity contribution < 1.29 is 38.7 Å². The van der Waals surface area contributed by atoms with E-state index in [4.69, 9.17) is 23.9 Å². The molecule has 0 aliphatic carbocycles. The minimum Gasteiger partial charge on any atom is -0.458 e. The molecule has 10 nitrogen and oxygen atoms in total. The number of nitrogens with zero attached hydrogens (tertiary/aromatic N) is 2. The van der Waals surface area contributed by atoms with Gasteiger partial charge in [-0.3, -0.25) is 14.5 Å². The Bertz CT molecular complexity index is 1120. The summed E-state index contributed by atoms with van der Waals surface area (Å²) in [4.78, 5) is 33.6. The molecule has 3 heterocycles. The van der Waals surface area contributed by atoms with E-state index in [0.29, 0.717) is 26.2 Å². The van der Waals surface area contributed by atoms with Gasteiger partial charge in [0.15, 0.2) is 0 Å². The number of hydrogen-bond donors (Lipinski definition) is 2. The summed E-state index contributed by atoms with van der Waals surface area (Å²) in [7, 11) is 3.38. The van der Waals surface area contributed by atoms with Crippen molar-refractivity contribution in [2.24, 2.45) is 17.3 Å². The largest absolute Gasteiger partial charge is 0.458 e. The third-order valence-electron chi connectivity index (χ3n) is 9.44. The van der Waals surface area contributed by atoms with Crippen LogP contribution in [-0.2, 0) is 35.1 Å². The van der Waals surface area contributed by atoms with Crippen LogP contribution in [0.25, 0.3) is 6.08 Å². The molecule has 0 radical (unpaired) electrons. The standard InChI is InChI=1S/C33H54N2O8S/c1-21-10-9-11-33(6)27(43-33)17-25(42-29(37)18-26(36)32(4,5)31(39)23(3)30(21)38)22(2)16-24-20-44-28(34-24)19-35(12-14-40-7)13-15-41-8/h16,20-21,23,25-27,30,36,38H,9-15,17-19H2,1-8H3. The highest BCUT2D eigenvalue weighted by Crippen LogP contribution is 2.45. The van der Waals surface area contributed by atoms with E-state index in [2.05, 4.69) is 11.8 Å². The predicted molar refractivity (Wildman–Crippen MR) is 170 cm³/mol. The number of methoxy groups -OCH3 is 2. The van der Waals surface area contributed by atoms with Crippen molar-refractivity contribution in [1.29, 1.82) is 0 Å². The number of hydrogen-bond acceptors (Lipinski definition) is 11. The topological polar surface area (TPSA) is 131 Å². The molecule has 3 rings (SSSR count). The Labute approximate surface area is 267 Å². The molecule has 0 aromatic carbocycles. The van der Waals surface area contributed by atoms with Gasteiger partial charge in [0, 0.05) is 45.0 Å². The molecular formula is C33H54N2O8S. The summed E-state index contributed by atoms with van der Waals surface area (Å²) < 4.78 is 22.6. The molecule has 1 aromatic rings. The number of fused-ring (bicyclic) bond motifs is 1. The number of thiazole rings is 1. The first-order valence-electron chi connectivity index (χ1n) is 15.8. The van der Waals surface area contributed by atoms with Crippen LogP contribution in [0.3, 0.4) is 0 Å². The van der Waals surface area contributed by atoms with Crippen molar-refractivity contribution in [3.05, 3.63) is 21.7 Å². The number of aliphatic hydroxyl groups excluding tert-OH is 2. The maximum atomic E-state index is 13.4. The first-order chi connectivity index (χ1) is 20.7. The zero-order valence-corrected chi connectivity index (χ0v) is 28.7. The first kappa shape index (κ1) is 36.7. The minimum atomic E-state index is -1.26. The van der Waals surface area contributed by atoms with Gasteiger partial charge in [-0.2, -0.15) is 0 Å². The van der Waals surface area contributed by atoms with Crippen molar-refractivity contribution in [2.75, 3.05) is 40.5 Å². The molecular weight excluding hydrogens is 584 g/mol. The van der Waals surface area contributed by atoms with Crippen LogP contribution in [-0.4, -0.2) is 102 Å². The molecule has 0 amide bonds. The Morgan fingerprint density at radius 2 is 1.82 bits per heavy atom. The third kappa shape index (κ3) is 9.88. The summed E-state index contributed by atoms with van der Waals surface area (Å²) in [5.74, 6) is -1.62. The fourth-order valence-electron chi connectivity index (χ4n) is 5.99. The SMILES string of the molecule is COCCN(CCOC)Cc1nc(C=C(C)C2CC3OC3(C)CCCC(C)C(O)C(C)C(=O)C(C)(C)C(O)CC(=O)O2)cs1. The van der Waals surface area contributed by atoms with Gasteiger partial charge in [-0.1, -0.05) is 34.1 Å². The summed E-state index contributed by atoms with van der Waals surface area (Å²) in [6, 6.07) is 0. The smallest absolute Gasteiger partial charge is 0.309 e. The minimum absolute atomic E-state index is 0.0835. The number of epoxide rings is 1. The van der Waals surface area contributed by atoms with Gasteiger partial charge in [-0.25, -0.2) is 4.98 Å². The summed E-state index contributed by atoms with van der Waals surface area (Å²) in [6.45, 7) is 14.4. The number of rotatable bonds is 10. The van der Waals surface area contributed by atoms with E-state index in [0.717, 1.165) is 48.6 Å². The molecule has 2 aliphatic heterocycles. The average Bonchev–Trinajstić information content (AvgIpc) is 3.39. The number of esters is 1. The molecule has 1 aromatic heterocycles. The van der Waals surface area contributed by atoms with Crippen LogP contribution in [0.5, 0.6) is 0 Å². The number of ketones is 1. The molecule has 44 heavy (non-hydrogen) atoms. The molecule has 2 aliphatic rings. The lowest BCUT2D eigenvalue weighted by molar-refractivity contribution is -0.154. The van der Waals surface area contributed by atoms with Crippen molar-refractivity contribution in [1.82, 2.24) is 9.88 Å². The van der Waals surface area contributed by atoms with Gasteiger partial charge in [0.1, 0.15) is 16.9 Å². The molecule has 7 atom stereocenters. The molecule has 2 fully saturated rings. The van der Waals surface area contributed by atoms with Crippen LogP contribution in [0.4, 0.5) is 0 Å². The number of aliphatic hydroxyl groups is 2. The van der Waals surface area contributed by atoms with Gasteiger partial charge >= 0.3 is 5.97 Å². The van der Waals surface area contributed by atoms with E-state index >= 15 is 0 Å². The Hall–Kier alpha value is -1.73. The van der Waals surface area contributed by atoms with Crippen LogP contribution in [0.1, 0.15) is 84.3 Å². The van der Waals surface area contributed by atoms with Gasteiger partial charge < -0.3 is 29.2 Å². The molecule has 0 saturated carbocycles. The lowest BCUT2D eigenvalue weighted by atomic mass is 9.73. The highest BCUT2D eigenvalue weighted by molar-refractivity contribution is 7.09. The second-order valence-electron chi connectivity index (χ2n) is 13.4. The Morgan fingerprint density at radius 3 is 2.45 bits per heavy atom. The summed E-state index contributed by atoms with van der Waals surface area (Å²) in [5, 5.41) is 24.9. The monoisotopic (exact) mass is 638 g/mol.